The number of benzene rings is 2. The molecule has 0 amide bonds. The number of halogens is 3. The number of methoxy groups -OCH3 is 1. The summed E-state index contributed by atoms with van der Waals surface area (Å²) in [5.41, 5.74) is 0.197. The summed E-state index contributed by atoms with van der Waals surface area (Å²) in [4.78, 5) is 28.4. The Morgan fingerprint density at radius 1 is 1.17 bits per heavy atom. The average molecular weight is 421 g/mol. The van der Waals surface area contributed by atoms with Gasteiger partial charge in [0.1, 0.15) is 24.1 Å². The minimum absolute atomic E-state index is 0.0187. The molecule has 1 heterocycles. The Bertz CT molecular complexity index is 1150. The van der Waals surface area contributed by atoms with E-state index in [9.17, 15) is 18.4 Å². The molecule has 1 aromatic heterocycles. The summed E-state index contributed by atoms with van der Waals surface area (Å²) in [6, 6.07) is 8.59. The summed E-state index contributed by atoms with van der Waals surface area (Å²) in [5.74, 6) is -1.77. The van der Waals surface area contributed by atoms with E-state index >= 15 is 0 Å². The Morgan fingerprint density at radius 3 is 2.55 bits per heavy atom. The largest absolute Gasteiger partial charge is 0.472 e. The van der Waals surface area contributed by atoms with E-state index in [1.54, 1.807) is 6.92 Å². The number of carbonyl (C=O) groups excluding carboxylic acids is 1. The van der Waals surface area contributed by atoms with Crippen LogP contribution in [0.4, 0.5) is 8.78 Å². The maximum absolute atomic E-state index is 13.7. The number of aryl methyl sites for hydroxylation is 1. The zero-order valence-corrected chi connectivity index (χ0v) is 16.2. The fourth-order valence-corrected chi connectivity index (χ4v) is 2.93. The van der Waals surface area contributed by atoms with Gasteiger partial charge in [-0.3, -0.25) is 9.36 Å². The molecule has 0 aliphatic carbocycles. The van der Waals surface area contributed by atoms with Crippen LogP contribution in [-0.4, -0.2) is 22.6 Å². The number of rotatable bonds is 5. The molecule has 150 valence electrons. The second-order valence-corrected chi connectivity index (χ2v) is 6.40. The van der Waals surface area contributed by atoms with Gasteiger partial charge >= 0.3 is 5.97 Å². The molecule has 9 heteroatoms. The van der Waals surface area contributed by atoms with Gasteiger partial charge in [-0.15, -0.1) is 0 Å². The van der Waals surface area contributed by atoms with Gasteiger partial charge in [0.15, 0.2) is 0 Å². The summed E-state index contributed by atoms with van der Waals surface area (Å²) < 4.78 is 37.9. The van der Waals surface area contributed by atoms with Crippen LogP contribution in [0.1, 0.15) is 21.7 Å². The molecule has 3 aromatic rings. The van der Waals surface area contributed by atoms with Crippen LogP contribution >= 0.6 is 11.6 Å². The third-order valence-electron chi connectivity index (χ3n) is 4.06. The Kier molecular flexibility index (Phi) is 5.93. The van der Waals surface area contributed by atoms with Crippen molar-refractivity contribution in [2.75, 3.05) is 7.11 Å². The number of carbonyl (C=O) groups is 1. The number of aromatic nitrogens is 2. The Hall–Kier alpha value is -3.26. The first-order valence-electron chi connectivity index (χ1n) is 8.36. The smallest absolute Gasteiger partial charge is 0.337 e. The van der Waals surface area contributed by atoms with Crippen LogP contribution < -0.4 is 10.3 Å². The van der Waals surface area contributed by atoms with E-state index in [4.69, 9.17) is 16.3 Å². The molecule has 0 N–H and O–H groups in total. The van der Waals surface area contributed by atoms with Crippen molar-refractivity contribution in [2.24, 2.45) is 0 Å². The number of hydrogen-bond acceptors (Lipinski definition) is 5. The fourth-order valence-electron chi connectivity index (χ4n) is 2.66. The van der Waals surface area contributed by atoms with Crippen LogP contribution in [-0.2, 0) is 11.3 Å². The van der Waals surface area contributed by atoms with Crippen molar-refractivity contribution >= 4 is 17.6 Å². The van der Waals surface area contributed by atoms with Crippen molar-refractivity contribution in [2.45, 2.75) is 13.5 Å². The second-order valence-electron chi connectivity index (χ2n) is 6.00. The first-order chi connectivity index (χ1) is 13.8. The summed E-state index contributed by atoms with van der Waals surface area (Å²) in [5, 5.41) is 0.155. The molecule has 0 spiro atoms. The summed E-state index contributed by atoms with van der Waals surface area (Å²) in [7, 11) is 1.25. The molecule has 0 radical (unpaired) electrons. The lowest BCUT2D eigenvalue weighted by molar-refractivity contribution is 0.0600. The normalized spacial score (nSPS) is 10.7. The minimum Gasteiger partial charge on any atom is -0.472 e. The van der Waals surface area contributed by atoms with Gasteiger partial charge < -0.3 is 9.47 Å². The van der Waals surface area contributed by atoms with Crippen molar-refractivity contribution in [1.82, 2.24) is 9.55 Å². The quantitative estimate of drug-likeness (QED) is 0.586. The highest BCUT2D eigenvalue weighted by atomic mass is 35.5. The predicted molar refractivity (Wildman–Crippen MR) is 102 cm³/mol. The van der Waals surface area contributed by atoms with E-state index in [1.165, 1.54) is 35.9 Å². The first kappa shape index (κ1) is 20.5. The Labute approximate surface area is 169 Å². The molecule has 2 aromatic carbocycles. The molecular weight excluding hydrogens is 406 g/mol. The molecule has 29 heavy (non-hydrogen) atoms. The third kappa shape index (κ3) is 4.43. The SMILES string of the molecule is COC(=O)c1ccc(-n2c(C)nc(OCc3ccc(F)cc3F)cc2=O)c(Cl)c1. The number of nitrogens with zero attached hydrogens (tertiary/aromatic N) is 2. The monoisotopic (exact) mass is 420 g/mol. The molecule has 0 aliphatic rings. The molecule has 0 fully saturated rings. The lowest BCUT2D eigenvalue weighted by Crippen LogP contribution is -2.22. The minimum atomic E-state index is -0.757. The highest BCUT2D eigenvalue weighted by Gasteiger charge is 2.14. The topological polar surface area (TPSA) is 70.4 Å². The maximum atomic E-state index is 13.7. The van der Waals surface area contributed by atoms with E-state index in [0.29, 0.717) is 5.69 Å². The Balaban J connectivity index is 1.88. The molecular formula is C20H15ClF2N2O4. The van der Waals surface area contributed by atoms with Crippen molar-refractivity contribution < 1.29 is 23.0 Å². The van der Waals surface area contributed by atoms with Gasteiger partial charge in [-0.1, -0.05) is 11.6 Å². The maximum Gasteiger partial charge on any atom is 0.337 e. The molecule has 0 unspecified atom stereocenters. The van der Waals surface area contributed by atoms with Gasteiger partial charge in [-0.25, -0.2) is 13.6 Å². The number of ether oxygens (including phenoxy) is 2. The standard InChI is InChI=1S/C20H15ClF2N2O4/c1-11-24-18(29-10-13-3-5-14(22)8-16(13)23)9-19(26)25(11)17-6-4-12(7-15(17)21)20(27)28-2/h3-9H,10H2,1-2H3. The predicted octanol–water partition coefficient (Wildman–Crippen LogP) is 3.84. The molecule has 6 nitrogen and oxygen atoms in total. The van der Waals surface area contributed by atoms with Crippen LogP contribution in [0.5, 0.6) is 5.88 Å². The summed E-state index contributed by atoms with van der Waals surface area (Å²) in [6.45, 7) is 1.34. The molecule has 0 atom stereocenters. The van der Waals surface area contributed by atoms with Gasteiger partial charge in [-0.2, -0.15) is 4.98 Å². The highest BCUT2D eigenvalue weighted by molar-refractivity contribution is 6.32. The zero-order chi connectivity index (χ0) is 21.1. The van der Waals surface area contributed by atoms with Crippen LogP contribution in [0.25, 0.3) is 5.69 Å². The molecule has 0 bridgehead atoms. The van der Waals surface area contributed by atoms with E-state index in [1.807, 2.05) is 0 Å². The number of hydrogen-bond donors (Lipinski definition) is 0. The van der Waals surface area contributed by atoms with Crippen molar-refractivity contribution in [3.63, 3.8) is 0 Å². The van der Waals surface area contributed by atoms with E-state index in [2.05, 4.69) is 9.72 Å². The Morgan fingerprint density at radius 2 is 1.93 bits per heavy atom. The molecule has 3 rings (SSSR count). The molecule has 0 saturated heterocycles. The van der Waals surface area contributed by atoms with Gasteiger partial charge in [0.2, 0.25) is 5.88 Å². The molecule has 0 saturated carbocycles. The highest BCUT2D eigenvalue weighted by Crippen LogP contribution is 2.23. The van der Waals surface area contributed by atoms with Crippen LogP contribution in [0.3, 0.4) is 0 Å². The van der Waals surface area contributed by atoms with Crippen LogP contribution in [0, 0.1) is 18.6 Å². The van der Waals surface area contributed by atoms with Crippen molar-refractivity contribution in [3.05, 3.63) is 86.4 Å². The first-order valence-corrected chi connectivity index (χ1v) is 8.73. The summed E-state index contributed by atoms with van der Waals surface area (Å²) >= 11 is 6.22. The van der Waals surface area contributed by atoms with Gasteiger partial charge in [0.25, 0.3) is 5.56 Å². The van der Waals surface area contributed by atoms with Crippen LogP contribution in [0.15, 0.2) is 47.3 Å². The van der Waals surface area contributed by atoms with Crippen LogP contribution in [0.2, 0.25) is 5.02 Å². The van der Waals surface area contributed by atoms with Crippen molar-refractivity contribution in [3.8, 4) is 11.6 Å². The summed E-state index contributed by atoms with van der Waals surface area (Å²) in [6.07, 6.45) is 0. The third-order valence-corrected chi connectivity index (χ3v) is 4.37. The number of esters is 1. The second kappa shape index (κ2) is 8.40. The van der Waals surface area contributed by atoms with E-state index < -0.39 is 23.2 Å². The average Bonchev–Trinajstić information content (AvgIpc) is 2.67. The van der Waals surface area contributed by atoms with Crippen molar-refractivity contribution in [1.29, 1.82) is 0 Å². The molecule has 0 aliphatic heterocycles. The van der Waals surface area contributed by atoms with Gasteiger partial charge in [-0.05, 0) is 37.3 Å². The fraction of sp³-hybridized carbons (Fsp3) is 0.150. The van der Waals surface area contributed by atoms with E-state index in [-0.39, 0.29) is 34.5 Å². The van der Waals surface area contributed by atoms with Gasteiger partial charge in [0.05, 0.1) is 29.4 Å². The lowest BCUT2D eigenvalue weighted by atomic mass is 10.2. The lowest BCUT2D eigenvalue weighted by Gasteiger charge is -2.13. The zero-order valence-electron chi connectivity index (χ0n) is 15.4. The van der Waals surface area contributed by atoms with Gasteiger partial charge in [0, 0.05) is 11.6 Å². The van der Waals surface area contributed by atoms with E-state index in [0.717, 1.165) is 18.2 Å².